The standard InChI is InChI=1S/C8H9F2NO2/c1-8(9,10)5-13-7-3-2-6(12)4-11-7/h2-4,12H,5H2,1H3. The number of alkyl halides is 2. The molecule has 0 radical (unpaired) electrons. The summed E-state index contributed by atoms with van der Waals surface area (Å²) in [5, 5.41) is 8.82. The molecule has 0 bridgehead atoms. The van der Waals surface area contributed by atoms with Gasteiger partial charge in [0.05, 0.1) is 6.20 Å². The Morgan fingerprint density at radius 3 is 2.69 bits per heavy atom. The first-order chi connectivity index (χ1) is 5.97. The maximum Gasteiger partial charge on any atom is 0.278 e. The molecule has 0 spiro atoms. The van der Waals surface area contributed by atoms with Crippen LogP contribution in [0.4, 0.5) is 8.78 Å². The van der Waals surface area contributed by atoms with Crippen LogP contribution in [-0.2, 0) is 0 Å². The number of halogens is 2. The zero-order valence-corrected chi connectivity index (χ0v) is 7.00. The molecule has 1 heterocycles. The molecule has 0 aliphatic rings. The Morgan fingerprint density at radius 1 is 1.54 bits per heavy atom. The molecule has 1 N–H and O–H groups in total. The second-order valence-electron chi connectivity index (χ2n) is 2.71. The van der Waals surface area contributed by atoms with Crippen molar-refractivity contribution < 1.29 is 18.6 Å². The Balaban J connectivity index is 2.51. The number of hydrogen-bond acceptors (Lipinski definition) is 3. The number of pyridine rings is 1. The zero-order chi connectivity index (χ0) is 9.90. The van der Waals surface area contributed by atoms with Crippen molar-refractivity contribution in [2.75, 3.05) is 6.61 Å². The quantitative estimate of drug-likeness (QED) is 0.788. The Labute approximate surface area is 74.0 Å². The molecule has 3 nitrogen and oxygen atoms in total. The van der Waals surface area contributed by atoms with Gasteiger partial charge in [0.2, 0.25) is 5.88 Å². The predicted octanol–water partition coefficient (Wildman–Crippen LogP) is 1.82. The van der Waals surface area contributed by atoms with E-state index in [2.05, 4.69) is 9.72 Å². The summed E-state index contributed by atoms with van der Waals surface area (Å²) in [7, 11) is 0. The third kappa shape index (κ3) is 3.68. The lowest BCUT2D eigenvalue weighted by molar-refractivity contribution is -0.0242. The first-order valence-corrected chi connectivity index (χ1v) is 3.63. The molecule has 0 aliphatic heterocycles. The van der Waals surface area contributed by atoms with E-state index in [1.807, 2.05) is 0 Å². The van der Waals surface area contributed by atoms with Gasteiger partial charge >= 0.3 is 0 Å². The van der Waals surface area contributed by atoms with Gasteiger partial charge in [-0.15, -0.1) is 0 Å². The molecule has 0 aromatic carbocycles. The summed E-state index contributed by atoms with van der Waals surface area (Å²) in [5.41, 5.74) is 0. The van der Waals surface area contributed by atoms with Gasteiger partial charge in [-0.3, -0.25) is 0 Å². The Kier molecular flexibility index (Phi) is 2.65. The lowest BCUT2D eigenvalue weighted by Gasteiger charge is -2.10. The van der Waals surface area contributed by atoms with Crippen LogP contribution in [0.25, 0.3) is 0 Å². The number of aromatic hydroxyl groups is 1. The van der Waals surface area contributed by atoms with E-state index in [0.29, 0.717) is 0 Å². The number of ether oxygens (including phenoxy) is 1. The van der Waals surface area contributed by atoms with Gasteiger partial charge in [0.25, 0.3) is 5.92 Å². The van der Waals surface area contributed by atoms with Crippen molar-refractivity contribution in [3.05, 3.63) is 18.3 Å². The first kappa shape index (κ1) is 9.70. The Bertz CT molecular complexity index is 268. The highest BCUT2D eigenvalue weighted by atomic mass is 19.3. The van der Waals surface area contributed by atoms with Crippen molar-refractivity contribution in [1.82, 2.24) is 4.98 Å². The van der Waals surface area contributed by atoms with Crippen molar-refractivity contribution in [2.45, 2.75) is 12.8 Å². The minimum atomic E-state index is -2.88. The molecule has 0 amide bonds. The third-order valence-electron chi connectivity index (χ3n) is 1.19. The van der Waals surface area contributed by atoms with Crippen LogP contribution >= 0.6 is 0 Å². The van der Waals surface area contributed by atoms with Crippen LogP contribution in [0.3, 0.4) is 0 Å². The molecule has 0 atom stereocenters. The molecule has 1 rings (SSSR count). The minimum absolute atomic E-state index is 0.0318. The Morgan fingerprint density at radius 2 is 2.23 bits per heavy atom. The van der Waals surface area contributed by atoms with Crippen LogP contribution in [0.5, 0.6) is 11.6 Å². The maximum absolute atomic E-state index is 12.3. The molecule has 5 heteroatoms. The number of hydrogen-bond donors (Lipinski definition) is 1. The summed E-state index contributed by atoms with van der Waals surface area (Å²) < 4.78 is 29.2. The number of aromatic nitrogens is 1. The molecule has 1 aromatic heterocycles. The van der Waals surface area contributed by atoms with E-state index in [1.165, 1.54) is 12.1 Å². The fourth-order valence-corrected chi connectivity index (χ4v) is 0.659. The smallest absolute Gasteiger partial charge is 0.278 e. The molecular weight excluding hydrogens is 180 g/mol. The average Bonchev–Trinajstić information content (AvgIpc) is 2.02. The average molecular weight is 189 g/mol. The number of nitrogens with zero attached hydrogens (tertiary/aromatic N) is 1. The van der Waals surface area contributed by atoms with Gasteiger partial charge in [0.15, 0.2) is 6.61 Å². The summed E-state index contributed by atoms with van der Waals surface area (Å²) >= 11 is 0. The zero-order valence-electron chi connectivity index (χ0n) is 7.00. The van der Waals surface area contributed by atoms with Gasteiger partial charge in [-0.25, -0.2) is 13.8 Å². The first-order valence-electron chi connectivity index (χ1n) is 3.63. The maximum atomic E-state index is 12.3. The third-order valence-corrected chi connectivity index (χ3v) is 1.19. The van der Waals surface area contributed by atoms with Crippen LogP contribution in [-0.4, -0.2) is 22.6 Å². The largest absolute Gasteiger partial charge is 0.506 e. The van der Waals surface area contributed by atoms with E-state index in [0.717, 1.165) is 13.1 Å². The Hall–Kier alpha value is -1.39. The van der Waals surface area contributed by atoms with Gasteiger partial charge in [0.1, 0.15) is 5.75 Å². The lowest BCUT2D eigenvalue weighted by atomic mass is 10.4. The monoisotopic (exact) mass is 189 g/mol. The highest BCUT2D eigenvalue weighted by molar-refractivity contribution is 5.21. The summed E-state index contributed by atoms with van der Waals surface area (Å²) in [4.78, 5) is 3.58. The predicted molar refractivity (Wildman–Crippen MR) is 42.0 cm³/mol. The topological polar surface area (TPSA) is 42.4 Å². The molecule has 0 aliphatic carbocycles. The second-order valence-corrected chi connectivity index (χ2v) is 2.71. The van der Waals surface area contributed by atoms with Crippen LogP contribution < -0.4 is 4.74 Å². The second kappa shape index (κ2) is 3.55. The molecule has 13 heavy (non-hydrogen) atoms. The van der Waals surface area contributed by atoms with E-state index in [9.17, 15) is 8.78 Å². The molecule has 0 saturated heterocycles. The van der Waals surface area contributed by atoms with Crippen molar-refractivity contribution in [2.24, 2.45) is 0 Å². The van der Waals surface area contributed by atoms with Crippen LogP contribution in [0.2, 0.25) is 0 Å². The summed E-state index contributed by atoms with van der Waals surface area (Å²) in [6.45, 7) is 0.0399. The molecule has 72 valence electrons. The van der Waals surface area contributed by atoms with E-state index in [1.54, 1.807) is 0 Å². The molecule has 1 aromatic rings. The highest BCUT2D eigenvalue weighted by Gasteiger charge is 2.22. The fraction of sp³-hybridized carbons (Fsp3) is 0.375. The molecule has 0 saturated carbocycles. The van der Waals surface area contributed by atoms with Gasteiger partial charge in [-0.2, -0.15) is 0 Å². The normalized spacial score (nSPS) is 11.3. The van der Waals surface area contributed by atoms with Crippen molar-refractivity contribution in [1.29, 1.82) is 0 Å². The van der Waals surface area contributed by atoms with Crippen molar-refractivity contribution >= 4 is 0 Å². The van der Waals surface area contributed by atoms with E-state index >= 15 is 0 Å². The van der Waals surface area contributed by atoms with Crippen molar-refractivity contribution in [3.8, 4) is 11.6 Å². The molecule has 0 fully saturated rings. The SMILES string of the molecule is CC(F)(F)COc1ccc(O)cn1. The fourth-order valence-electron chi connectivity index (χ4n) is 0.659. The summed E-state index contributed by atoms with van der Waals surface area (Å²) in [6, 6.07) is 2.64. The molecule has 0 unspecified atom stereocenters. The highest BCUT2D eigenvalue weighted by Crippen LogP contribution is 2.16. The van der Waals surface area contributed by atoms with Gasteiger partial charge in [0, 0.05) is 13.0 Å². The van der Waals surface area contributed by atoms with Gasteiger partial charge in [-0.05, 0) is 6.07 Å². The van der Waals surface area contributed by atoms with Crippen molar-refractivity contribution in [3.63, 3.8) is 0 Å². The molecular formula is C8H9F2NO2. The van der Waals surface area contributed by atoms with E-state index in [4.69, 9.17) is 5.11 Å². The van der Waals surface area contributed by atoms with Crippen LogP contribution in [0.1, 0.15) is 6.92 Å². The summed E-state index contributed by atoms with van der Waals surface area (Å²) in [5.74, 6) is -2.84. The van der Waals surface area contributed by atoms with E-state index < -0.39 is 12.5 Å². The van der Waals surface area contributed by atoms with Crippen LogP contribution in [0, 0.1) is 0 Å². The van der Waals surface area contributed by atoms with E-state index in [-0.39, 0.29) is 11.6 Å². The minimum Gasteiger partial charge on any atom is -0.506 e. The number of rotatable bonds is 3. The van der Waals surface area contributed by atoms with Gasteiger partial charge in [-0.1, -0.05) is 0 Å². The lowest BCUT2D eigenvalue weighted by Crippen LogP contribution is -2.21. The summed E-state index contributed by atoms with van der Waals surface area (Å²) in [6.07, 6.45) is 1.13. The van der Waals surface area contributed by atoms with Gasteiger partial charge < -0.3 is 9.84 Å². The van der Waals surface area contributed by atoms with Crippen LogP contribution in [0.15, 0.2) is 18.3 Å².